The van der Waals surface area contributed by atoms with Crippen LogP contribution in [0.3, 0.4) is 0 Å². The van der Waals surface area contributed by atoms with E-state index in [1.54, 1.807) is 10.7 Å². The summed E-state index contributed by atoms with van der Waals surface area (Å²) in [5, 5.41) is 7.82. The van der Waals surface area contributed by atoms with Crippen molar-refractivity contribution in [2.45, 2.75) is 19.3 Å². The van der Waals surface area contributed by atoms with Crippen LogP contribution in [-0.4, -0.2) is 65.3 Å². The average molecular weight is 404 g/mol. The van der Waals surface area contributed by atoms with Gasteiger partial charge in [0.15, 0.2) is 5.82 Å². The first kappa shape index (κ1) is 20.8. The van der Waals surface area contributed by atoms with Gasteiger partial charge in [0.1, 0.15) is 0 Å². The number of carbonyl (C=O) groups is 1. The van der Waals surface area contributed by atoms with Crippen LogP contribution in [0.5, 0.6) is 0 Å². The minimum absolute atomic E-state index is 0.0170. The van der Waals surface area contributed by atoms with Crippen LogP contribution in [0.15, 0.2) is 36.5 Å². The number of rotatable bonds is 8. The summed E-state index contributed by atoms with van der Waals surface area (Å²) in [4.78, 5) is 16.9. The molecule has 1 atom stereocenters. The molecule has 1 aliphatic heterocycles. The number of likely N-dealkylation sites (tertiary alicyclic amines) is 1. The summed E-state index contributed by atoms with van der Waals surface area (Å²) in [5.41, 5.74) is 1.33. The van der Waals surface area contributed by atoms with E-state index in [1.807, 2.05) is 32.4 Å². The SMILES string of the molecule is CN(CC(=O)Nc1ccn(C)n1)CC1CCCN(CCc2ccc(Cl)cc2)C1. The van der Waals surface area contributed by atoms with Gasteiger partial charge in [0.25, 0.3) is 0 Å². The Morgan fingerprint density at radius 2 is 2.11 bits per heavy atom. The number of benzene rings is 1. The molecule has 0 spiro atoms. The van der Waals surface area contributed by atoms with Crippen LogP contribution in [0, 0.1) is 5.92 Å². The second-order valence-electron chi connectivity index (χ2n) is 7.80. The molecule has 1 amide bonds. The number of nitrogens with zero attached hydrogens (tertiary/aromatic N) is 4. The predicted octanol–water partition coefficient (Wildman–Crippen LogP) is 2.90. The highest BCUT2D eigenvalue weighted by Crippen LogP contribution is 2.18. The Bertz CT molecular complexity index is 760. The highest BCUT2D eigenvalue weighted by Gasteiger charge is 2.21. The Morgan fingerprint density at radius 3 is 2.82 bits per heavy atom. The van der Waals surface area contributed by atoms with E-state index >= 15 is 0 Å². The highest BCUT2D eigenvalue weighted by molar-refractivity contribution is 6.30. The van der Waals surface area contributed by atoms with E-state index in [4.69, 9.17) is 11.6 Å². The number of anilines is 1. The smallest absolute Gasteiger partial charge is 0.239 e. The summed E-state index contributed by atoms with van der Waals surface area (Å²) < 4.78 is 1.68. The zero-order valence-electron chi connectivity index (χ0n) is 16.8. The van der Waals surface area contributed by atoms with E-state index in [0.717, 1.165) is 37.6 Å². The van der Waals surface area contributed by atoms with Crippen molar-refractivity contribution >= 4 is 23.3 Å². The fourth-order valence-corrected chi connectivity index (χ4v) is 3.98. The number of nitrogens with one attached hydrogen (secondary N) is 1. The second-order valence-corrected chi connectivity index (χ2v) is 8.24. The number of aromatic nitrogens is 2. The predicted molar refractivity (Wildman–Crippen MR) is 114 cm³/mol. The van der Waals surface area contributed by atoms with Crippen LogP contribution in [0.4, 0.5) is 5.82 Å². The summed E-state index contributed by atoms with van der Waals surface area (Å²) in [6, 6.07) is 9.94. The third-order valence-corrected chi connectivity index (χ3v) is 5.45. The number of hydrogen-bond acceptors (Lipinski definition) is 4. The molecule has 28 heavy (non-hydrogen) atoms. The molecule has 1 aliphatic rings. The number of carbonyl (C=O) groups excluding carboxylic acids is 1. The van der Waals surface area contributed by atoms with Crippen molar-refractivity contribution in [1.82, 2.24) is 19.6 Å². The van der Waals surface area contributed by atoms with E-state index < -0.39 is 0 Å². The third kappa shape index (κ3) is 6.62. The molecule has 0 radical (unpaired) electrons. The van der Waals surface area contributed by atoms with E-state index in [-0.39, 0.29) is 5.91 Å². The zero-order chi connectivity index (χ0) is 19.9. The monoisotopic (exact) mass is 403 g/mol. The Balaban J connectivity index is 1.39. The summed E-state index contributed by atoms with van der Waals surface area (Å²) in [6.07, 6.45) is 5.31. The number of hydrogen-bond donors (Lipinski definition) is 1. The summed E-state index contributed by atoms with van der Waals surface area (Å²) in [6.45, 7) is 4.65. The Hall–Kier alpha value is -1.89. The van der Waals surface area contributed by atoms with Crippen molar-refractivity contribution in [3.8, 4) is 0 Å². The highest BCUT2D eigenvalue weighted by atomic mass is 35.5. The molecule has 2 heterocycles. The van der Waals surface area contributed by atoms with Crippen molar-refractivity contribution < 1.29 is 4.79 Å². The quantitative estimate of drug-likeness (QED) is 0.736. The van der Waals surface area contributed by atoms with Gasteiger partial charge in [0, 0.05) is 44.0 Å². The average Bonchev–Trinajstić information content (AvgIpc) is 3.06. The van der Waals surface area contributed by atoms with E-state index in [0.29, 0.717) is 18.3 Å². The number of likely N-dealkylation sites (N-methyl/N-ethyl adjacent to an activating group) is 1. The van der Waals surface area contributed by atoms with E-state index in [9.17, 15) is 4.79 Å². The molecule has 3 rings (SSSR count). The first-order chi connectivity index (χ1) is 13.5. The lowest BCUT2D eigenvalue weighted by atomic mass is 9.97. The van der Waals surface area contributed by atoms with Gasteiger partial charge in [-0.1, -0.05) is 23.7 Å². The molecular formula is C21H30ClN5O. The topological polar surface area (TPSA) is 53.4 Å². The van der Waals surface area contributed by atoms with Gasteiger partial charge in [0.05, 0.1) is 6.54 Å². The first-order valence-electron chi connectivity index (χ1n) is 9.93. The second kappa shape index (κ2) is 10.0. The molecule has 152 valence electrons. The van der Waals surface area contributed by atoms with E-state index in [2.05, 4.69) is 32.3 Å². The third-order valence-electron chi connectivity index (χ3n) is 5.20. The van der Waals surface area contributed by atoms with Gasteiger partial charge in [-0.2, -0.15) is 5.10 Å². The Labute approximate surface area is 172 Å². The normalized spacial score (nSPS) is 17.8. The van der Waals surface area contributed by atoms with Crippen molar-refractivity contribution in [1.29, 1.82) is 0 Å². The largest absolute Gasteiger partial charge is 0.308 e. The van der Waals surface area contributed by atoms with Gasteiger partial charge in [0.2, 0.25) is 5.91 Å². The lowest BCUT2D eigenvalue weighted by Gasteiger charge is -2.34. The van der Waals surface area contributed by atoms with Crippen molar-refractivity contribution in [3.63, 3.8) is 0 Å². The van der Waals surface area contributed by atoms with Gasteiger partial charge >= 0.3 is 0 Å². The summed E-state index contributed by atoms with van der Waals surface area (Å²) >= 11 is 5.96. The fraction of sp³-hybridized carbons (Fsp3) is 0.524. The van der Waals surface area contributed by atoms with Crippen LogP contribution < -0.4 is 5.32 Å². The van der Waals surface area contributed by atoms with Gasteiger partial charge in [-0.25, -0.2) is 0 Å². The maximum absolute atomic E-state index is 12.2. The van der Waals surface area contributed by atoms with E-state index in [1.165, 1.54) is 18.4 Å². The van der Waals surface area contributed by atoms with Gasteiger partial charge < -0.3 is 10.2 Å². The standard InChI is InChI=1S/C21H30ClN5O/c1-25(16-21(28)23-20-10-12-26(2)24-20)14-18-4-3-11-27(15-18)13-9-17-5-7-19(22)8-6-17/h5-8,10,12,18H,3-4,9,11,13-16H2,1-2H3,(H,23,24,28). The van der Waals surface area contributed by atoms with Gasteiger partial charge in [-0.05, 0) is 56.5 Å². The van der Waals surface area contributed by atoms with Crippen molar-refractivity contribution in [2.75, 3.05) is 45.1 Å². The molecule has 1 aromatic carbocycles. The number of halogens is 1. The van der Waals surface area contributed by atoms with Crippen LogP contribution >= 0.6 is 11.6 Å². The van der Waals surface area contributed by atoms with Crippen LogP contribution in [0.1, 0.15) is 18.4 Å². The molecule has 6 nitrogen and oxygen atoms in total. The lowest BCUT2D eigenvalue weighted by molar-refractivity contribution is -0.117. The first-order valence-corrected chi connectivity index (χ1v) is 10.3. The Kier molecular flexibility index (Phi) is 7.48. The molecular weight excluding hydrogens is 374 g/mol. The van der Waals surface area contributed by atoms with Gasteiger partial charge in [-0.15, -0.1) is 0 Å². The fourth-order valence-electron chi connectivity index (χ4n) is 3.86. The molecule has 0 aliphatic carbocycles. The van der Waals surface area contributed by atoms with Crippen molar-refractivity contribution in [3.05, 3.63) is 47.1 Å². The summed E-state index contributed by atoms with van der Waals surface area (Å²) in [5.74, 6) is 1.19. The molecule has 1 saturated heterocycles. The molecule has 0 saturated carbocycles. The van der Waals surface area contributed by atoms with Crippen LogP contribution in [0.2, 0.25) is 5.02 Å². The minimum Gasteiger partial charge on any atom is -0.308 e. The van der Waals surface area contributed by atoms with Gasteiger partial charge in [-0.3, -0.25) is 14.4 Å². The maximum Gasteiger partial charge on any atom is 0.239 e. The number of piperidine rings is 1. The zero-order valence-corrected chi connectivity index (χ0v) is 17.5. The molecule has 0 bridgehead atoms. The van der Waals surface area contributed by atoms with Crippen LogP contribution in [0.25, 0.3) is 0 Å². The molecule has 2 aromatic rings. The lowest BCUT2D eigenvalue weighted by Crippen LogP contribution is -2.42. The number of amides is 1. The minimum atomic E-state index is -0.0170. The molecule has 1 unspecified atom stereocenters. The molecule has 1 fully saturated rings. The van der Waals surface area contributed by atoms with Crippen molar-refractivity contribution in [2.24, 2.45) is 13.0 Å². The molecule has 7 heteroatoms. The number of aryl methyl sites for hydroxylation is 1. The maximum atomic E-state index is 12.2. The van der Waals surface area contributed by atoms with Crippen LogP contribution in [-0.2, 0) is 18.3 Å². The molecule has 1 N–H and O–H groups in total. The molecule has 1 aromatic heterocycles. The Morgan fingerprint density at radius 1 is 1.32 bits per heavy atom. The summed E-state index contributed by atoms with van der Waals surface area (Å²) in [7, 11) is 3.86.